The molecule has 0 spiro atoms. The van der Waals surface area contributed by atoms with Crippen LogP contribution in [0.2, 0.25) is 0 Å². The maximum absolute atomic E-state index is 5.54. The zero-order chi connectivity index (χ0) is 8.69. The van der Waals surface area contributed by atoms with Crippen molar-refractivity contribution >= 4 is 0 Å². The number of rotatable bonds is 6. The second-order valence-corrected chi connectivity index (χ2v) is 3.18. The Hall–Kier alpha value is -0.120. The van der Waals surface area contributed by atoms with Gasteiger partial charge in [0.15, 0.2) is 0 Å². The minimum Gasteiger partial charge on any atom is -0.381 e. The molecule has 0 aromatic carbocycles. The Labute approximate surface area is 69.1 Å². The number of hydrogen-bond acceptors (Lipinski definition) is 3. The number of ether oxygens (including phenoxy) is 1. The highest BCUT2D eigenvalue weighted by atomic mass is 16.5. The molecule has 3 heteroatoms. The third-order valence-corrected chi connectivity index (χ3v) is 1.52. The molecule has 0 fully saturated rings. The van der Waals surface area contributed by atoms with Gasteiger partial charge in [-0.25, -0.2) is 0 Å². The highest BCUT2D eigenvalue weighted by Gasteiger charge is 1.99. The van der Waals surface area contributed by atoms with E-state index < -0.39 is 0 Å². The summed E-state index contributed by atoms with van der Waals surface area (Å²) in [6.07, 6.45) is 0.928. The lowest BCUT2D eigenvalue weighted by Crippen LogP contribution is -2.20. The van der Waals surface area contributed by atoms with E-state index >= 15 is 0 Å². The minimum atomic E-state index is 0.239. The number of nitrogens with two attached hydrogens (primary N) is 2. The van der Waals surface area contributed by atoms with Gasteiger partial charge in [-0.05, 0) is 25.8 Å². The third-order valence-electron chi connectivity index (χ3n) is 1.52. The van der Waals surface area contributed by atoms with Crippen LogP contribution in [-0.2, 0) is 4.74 Å². The van der Waals surface area contributed by atoms with E-state index in [4.69, 9.17) is 16.2 Å². The van der Waals surface area contributed by atoms with Gasteiger partial charge in [-0.2, -0.15) is 0 Å². The first kappa shape index (κ1) is 10.9. The predicted octanol–water partition coefficient (Wildman–Crippen LogP) is 0.335. The Morgan fingerprint density at radius 2 is 2.00 bits per heavy atom. The molecule has 0 rings (SSSR count). The molecule has 0 aliphatic rings. The van der Waals surface area contributed by atoms with Crippen molar-refractivity contribution in [3.05, 3.63) is 0 Å². The molecule has 2 unspecified atom stereocenters. The van der Waals surface area contributed by atoms with Crippen LogP contribution in [0.1, 0.15) is 20.3 Å². The Morgan fingerprint density at radius 1 is 1.36 bits per heavy atom. The van der Waals surface area contributed by atoms with Crippen molar-refractivity contribution in [3.63, 3.8) is 0 Å². The molecule has 68 valence electrons. The van der Waals surface area contributed by atoms with Crippen LogP contribution < -0.4 is 11.5 Å². The fraction of sp³-hybridized carbons (Fsp3) is 1.00. The first-order chi connectivity index (χ1) is 5.16. The maximum atomic E-state index is 5.54. The highest BCUT2D eigenvalue weighted by Crippen LogP contribution is 1.94. The smallest absolute Gasteiger partial charge is 0.0503 e. The summed E-state index contributed by atoms with van der Waals surface area (Å²) >= 11 is 0. The fourth-order valence-electron chi connectivity index (χ4n) is 0.622. The van der Waals surface area contributed by atoms with Gasteiger partial charge in [0.1, 0.15) is 0 Å². The lowest BCUT2D eigenvalue weighted by molar-refractivity contribution is 0.102. The zero-order valence-electron chi connectivity index (χ0n) is 7.55. The summed E-state index contributed by atoms with van der Waals surface area (Å²) < 4.78 is 5.34. The normalized spacial score (nSPS) is 16.4. The molecule has 0 aromatic heterocycles. The van der Waals surface area contributed by atoms with E-state index in [1.165, 1.54) is 0 Å². The molecule has 11 heavy (non-hydrogen) atoms. The van der Waals surface area contributed by atoms with Crippen molar-refractivity contribution < 1.29 is 4.74 Å². The summed E-state index contributed by atoms with van der Waals surface area (Å²) in [6, 6.07) is 0.239. The number of hydrogen-bond donors (Lipinski definition) is 2. The van der Waals surface area contributed by atoms with Crippen molar-refractivity contribution in [2.24, 2.45) is 17.4 Å². The van der Waals surface area contributed by atoms with Crippen LogP contribution >= 0.6 is 0 Å². The van der Waals surface area contributed by atoms with E-state index in [0.717, 1.165) is 19.6 Å². The molecular weight excluding hydrogens is 140 g/mol. The van der Waals surface area contributed by atoms with Crippen molar-refractivity contribution in [1.82, 2.24) is 0 Å². The molecule has 0 aliphatic heterocycles. The van der Waals surface area contributed by atoms with Gasteiger partial charge in [0, 0.05) is 12.6 Å². The summed E-state index contributed by atoms with van der Waals surface area (Å²) in [6.45, 7) is 6.25. The first-order valence-corrected chi connectivity index (χ1v) is 4.20. The molecular formula is C8H20N2O. The van der Waals surface area contributed by atoms with Gasteiger partial charge >= 0.3 is 0 Å². The van der Waals surface area contributed by atoms with E-state index in [-0.39, 0.29) is 6.04 Å². The maximum Gasteiger partial charge on any atom is 0.0503 e. The monoisotopic (exact) mass is 160 g/mol. The van der Waals surface area contributed by atoms with E-state index in [2.05, 4.69) is 6.92 Å². The summed E-state index contributed by atoms with van der Waals surface area (Å²) in [4.78, 5) is 0. The fourth-order valence-corrected chi connectivity index (χ4v) is 0.622. The second kappa shape index (κ2) is 6.58. The van der Waals surface area contributed by atoms with E-state index in [1.54, 1.807) is 0 Å². The molecule has 0 radical (unpaired) electrons. The SMILES string of the molecule is CC(N)CCOCC(C)CN. The van der Waals surface area contributed by atoms with Gasteiger partial charge in [0.25, 0.3) is 0 Å². The van der Waals surface area contributed by atoms with Crippen LogP contribution in [0.4, 0.5) is 0 Å². The van der Waals surface area contributed by atoms with Gasteiger partial charge < -0.3 is 16.2 Å². The molecule has 0 saturated carbocycles. The molecule has 0 amide bonds. The third kappa shape index (κ3) is 7.78. The van der Waals surface area contributed by atoms with Crippen molar-refractivity contribution in [1.29, 1.82) is 0 Å². The second-order valence-electron chi connectivity index (χ2n) is 3.18. The van der Waals surface area contributed by atoms with Gasteiger partial charge in [-0.1, -0.05) is 6.92 Å². The summed E-state index contributed by atoms with van der Waals surface area (Å²) in [5, 5.41) is 0. The predicted molar refractivity (Wildman–Crippen MR) is 47.3 cm³/mol. The lowest BCUT2D eigenvalue weighted by atomic mass is 10.2. The molecule has 0 bridgehead atoms. The molecule has 4 N–H and O–H groups in total. The van der Waals surface area contributed by atoms with Crippen molar-refractivity contribution in [2.75, 3.05) is 19.8 Å². The average molecular weight is 160 g/mol. The van der Waals surface area contributed by atoms with Gasteiger partial charge in [0.05, 0.1) is 6.61 Å². The minimum absolute atomic E-state index is 0.239. The Balaban J connectivity index is 3.01. The average Bonchev–Trinajstić information content (AvgIpc) is 1.97. The van der Waals surface area contributed by atoms with Crippen LogP contribution in [0.5, 0.6) is 0 Å². The standard InChI is InChI=1S/C8H20N2O/c1-7(5-9)6-11-4-3-8(2)10/h7-8H,3-6,9-10H2,1-2H3. The van der Waals surface area contributed by atoms with Crippen LogP contribution in [0, 0.1) is 5.92 Å². The van der Waals surface area contributed by atoms with Gasteiger partial charge in [0.2, 0.25) is 0 Å². The molecule has 3 nitrogen and oxygen atoms in total. The van der Waals surface area contributed by atoms with E-state index in [0.29, 0.717) is 12.5 Å². The quantitative estimate of drug-likeness (QED) is 0.551. The van der Waals surface area contributed by atoms with Crippen LogP contribution in [-0.4, -0.2) is 25.8 Å². The molecule has 2 atom stereocenters. The Kier molecular flexibility index (Phi) is 6.51. The summed E-state index contributed by atoms with van der Waals surface area (Å²) in [5.74, 6) is 0.461. The van der Waals surface area contributed by atoms with Gasteiger partial charge in [-0.15, -0.1) is 0 Å². The first-order valence-electron chi connectivity index (χ1n) is 4.20. The van der Waals surface area contributed by atoms with Crippen LogP contribution in [0.3, 0.4) is 0 Å². The van der Waals surface area contributed by atoms with Crippen molar-refractivity contribution in [3.8, 4) is 0 Å². The Bertz CT molecular complexity index is 86.2. The van der Waals surface area contributed by atoms with Crippen LogP contribution in [0.15, 0.2) is 0 Å². The van der Waals surface area contributed by atoms with Crippen molar-refractivity contribution in [2.45, 2.75) is 26.3 Å². The molecule has 0 aliphatic carbocycles. The highest BCUT2D eigenvalue weighted by molar-refractivity contribution is 4.53. The molecule has 0 saturated heterocycles. The zero-order valence-corrected chi connectivity index (χ0v) is 7.55. The van der Waals surface area contributed by atoms with Crippen LogP contribution in [0.25, 0.3) is 0 Å². The largest absolute Gasteiger partial charge is 0.381 e. The topological polar surface area (TPSA) is 61.3 Å². The summed E-state index contributed by atoms with van der Waals surface area (Å²) in [7, 11) is 0. The van der Waals surface area contributed by atoms with E-state index in [9.17, 15) is 0 Å². The van der Waals surface area contributed by atoms with E-state index in [1.807, 2.05) is 6.92 Å². The summed E-state index contributed by atoms with van der Waals surface area (Å²) in [5.41, 5.74) is 10.9. The molecule has 0 heterocycles. The Morgan fingerprint density at radius 3 is 2.45 bits per heavy atom. The van der Waals surface area contributed by atoms with Gasteiger partial charge in [-0.3, -0.25) is 0 Å². The molecule has 0 aromatic rings. The lowest BCUT2D eigenvalue weighted by Gasteiger charge is -2.10.